The van der Waals surface area contributed by atoms with E-state index in [1.165, 1.54) is 5.56 Å². The normalized spacial score (nSPS) is 21.6. The van der Waals surface area contributed by atoms with Gasteiger partial charge < -0.3 is 10.1 Å². The SMILES string of the molecule is COc1ccc(CN[C@@H]2CCN(Cc3ccccn3)C[C@H]2C)cn1. The molecule has 3 heterocycles. The lowest BCUT2D eigenvalue weighted by Gasteiger charge is -2.37. The maximum atomic E-state index is 5.10. The van der Waals surface area contributed by atoms with E-state index < -0.39 is 0 Å². The van der Waals surface area contributed by atoms with Gasteiger partial charge >= 0.3 is 0 Å². The van der Waals surface area contributed by atoms with Crippen LogP contribution in [0.5, 0.6) is 5.88 Å². The van der Waals surface area contributed by atoms with Gasteiger partial charge in [-0.15, -0.1) is 0 Å². The summed E-state index contributed by atoms with van der Waals surface area (Å²) in [5, 5.41) is 3.69. The second-order valence-corrected chi connectivity index (χ2v) is 6.52. The first-order chi connectivity index (χ1) is 11.7. The molecule has 0 radical (unpaired) electrons. The van der Waals surface area contributed by atoms with Crippen molar-refractivity contribution in [3.05, 3.63) is 54.0 Å². The van der Waals surface area contributed by atoms with Crippen LogP contribution in [0.15, 0.2) is 42.7 Å². The van der Waals surface area contributed by atoms with Crippen LogP contribution in [0.3, 0.4) is 0 Å². The fourth-order valence-electron chi connectivity index (χ4n) is 3.28. The summed E-state index contributed by atoms with van der Waals surface area (Å²) in [5.41, 5.74) is 2.35. The Morgan fingerprint density at radius 1 is 1.25 bits per heavy atom. The smallest absolute Gasteiger partial charge is 0.212 e. The number of ether oxygens (including phenoxy) is 1. The summed E-state index contributed by atoms with van der Waals surface area (Å²) in [5.74, 6) is 1.28. The fourth-order valence-corrected chi connectivity index (χ4v) is 3.28. The Hall–Kier alpha value is -1.98. The molecule has 1 aliphatic heterocycles. The molecule has 1 N–H and O–H groups in total. The van der Waals surface area contributed by atoms with E-state index in [2.05, 4.69) is 45.3 Å². The van der Waals surface area contributed by atoms with E-state index in [1.807, 2.05) is 24.5 Å². The minimum Gasteiger partial charge on any atom is -0.481 e. The minimum atomic E-state index is 0.548. The van der Waals surface area contributed by atoms with Gasteiger partial charge in [0.25, 0.3) is 0 Å². The number of hydrogen-bond acceptors (Lipinski definition) is 5. The molecule has 0 unspecified atom stereocenters. The summed E-state index contributed by atoms with van der Waals surface area (Å²) in [6, 6.07) is 10.7. The molecule has 1 saturated heterocycles. The maximum absolute atomic E-state index is 5.10. The monoisotopic (exact) mass is 326 g/mol. The molecule has 5 nitrogen and oxygen atoms in total. The molecule has 0 aliphatic carbocycles. The van der Waals surface area contributed by atoms with E-state index in [0.717, 1.165) is 38.3 Å². The van der Waals surface area contributed by atoms with Crippen LogP contribution in [0.4, 0.5) is 0 Å². The lowest BCUT2D eigenvalue weighted by atomic mass is 9.93. The van der Waals surface area contributed by atoms with E-state index in [1.54, 1.807) is 7.11 Å². The van der Waals surface area contributed by atoms with Crippen LogP contribution in [-0.4, -0.2) is 41.1 Å². The highest BCUT2D eigenvalue weighted by molar-refractivity contribution is 5.17. The van der Waals surface area contributed by atoms with Crippen molar-refractivity contribution < 1.29 is 4.74 Å². The molecule has 1 fully saturated rings. The summed E-state index contributed by atoms with van der Waals surface area (Å²) in [7, 11) is 1.64. The average molecular weight is 326 g/mol. The van der Waals surface area contributed by atoms with Crippen molar-refractivity contribution in [1.29, 1.82) is 0 Å². The van der Waals surface area contributed by atoms with Crippen LogP contribution in [0, 0.1) is 5.92 Å². The summed E-state index contributed by atoms with van der Waals surface area (Å²) in [6.07, 6.45) is 4.92. The molecule has 3 rings (SSSR count). The van der Waals surface area contributed by atoms with Gasteiger partial charge in [-0.2, -0.15) is 0 Å². The fraction of sp³-hybridized carbons (Fsp3) is 0.474. The number of piperidine rings is 1. The Bertz CT molecular complexity index is 617. The Labute approximate surface area is 144 Å². The first-order valence-electron chi connectivity index (χ1n) is 8.59. The zero-order chi connectivity index (χ0) is 16.8. The summed E-state index contributed by atoms with van der Waals surface area (Å²) in [6.45, 7) is 6.34. The third-order valence-electron chi connectivity index (χ3n) is 4.68. The second kappa shape index (κ2) is 8.22. The zero-order valence-electron chi connectivity index (χ0n) is 14.5. The lowest BCUT2D eigenvalue weighted by Crippen LogP contribution is -2.47. The molecule has 128 valence electrons. The van der Waals surface area contributed by atoms with Crippen LogP contribution in [-0.2, 0) is 13.1 Å². The van der Waals surface area contributed by atoms with E-state index in [0.29, 0.717) is 17.8 Å². The largest absolute Gasteiger partial charge is 0.481 e. The second-order valence-electron chi connectivity index (χ2n) is 6.52. The van der Waals surface area contributed by atoms with Crippen LogP contribution in [0.1, 0.15) is 24.6 Å². The van der Waals surface area contributed by atoms with Gasteiger partial charge in [0.15, 0.2) is 0 Å². The number of methoxy groups -OCH3 is 1. The quantitative estimate of drug-likeness (QED) is 0.884. The van der Waals surface area contributed by atoms with Crippen molar-refractivity contribution in [2.24, 2.45) is 5.92 Å². The number of aromatic nitrogens is 2. The highest BCUT2D eigenvalue weighted by Gasteiger charge is 2.25. The molecule has 2 atom stereocenters. The topological polar surface area (TPSA) is 50.3 Å². The van der Waals surface area contributed by atoms with Crippen molar-refractivity contribution in [2.75, 3.05) is 20.2 Å². The summed E-state index contributed by atoms with van der Waals surface area (Å²) in [4.78, 5) is 11.2. The molecule has 2 aromatic heterocycles. The van der Waals surface area contributed by atoms with Gasteiger partial charge in [-0.05, 0) is 30.0 Å². The van der Waals surface area contributed by atoms with Gasteiger partial charge in [-0.1, -0.05) is 19.1 Å². The van der Waals surface area contributed by atoms with Gasteiger partial charge in [-0.3, -0.25) is 9.88 Å². The molecule has 1 aliphatic rings. The Morgan fingerprint density at radius 2 is 2.17 bits per heavy atom. The standard InChI is InChI=1S/C19H26N4O/c1-15-13-23(14-17-5-3-4-9-20-17)10-8-18(15)21-11-16-6-7-19(24-2)22-12-16/h3-7,9,12,15,18,21H,8,10-11,13-14H2,1-2H3/t15-,18-/m1/s1. The van der Waals surface area contributed by atoms with Crippen molar-refractivity contribution in [3.63, 3.8) is 0 Å². The van der Waals surface area contributed by atoms with E-state index in [4.69, 9.17) is 4.74 Å². The Morgan fingerprint density at radius 3 is 2.83 bits per heavy atom. The molecule has 0 bridgehead atoms. The molecule has 0 amide bonds. The van der Waals surface area contributed by atoms with E-state index in [-0.39, 0.29) is 0 Å². The van der Waals surface area contributed by atoms with Gasteiger partial charge in [0.05, 0.1) is 12.8 Å². The molecule has 0 saturated carbocycles. The van der Waals surface area contributed by atoms with E-state index >= 15 is 0 Å². The molecule has 0 spiro atoms. The predicted octanol–water partition coefficient (Wildman–Crippen LogP) is 2.49. The summed E-state index contributed by atoms with van der Waals surface area (Å²) < 4.78 is 5.10. The molecular formula is C19H26N4O. The third-order valence-corrected chi connectivity index (χ3v) is 4.68. The van der Waals surface area contributed by atoms with Crippen LogP contribution in [0.2, 0.25) is 0 Å². The van der Waals surface area contributed by atoms with Crippen molar-refractivity contribution in [1.82, 2.24) is 20.2 Å². The predicted molar refractivity (Wildman–Crippen MR) is 94.7 cm³/mol. The molecule has 2 aromatic rings. The number of pyridine rings is 2. The average Bonchev–Trinajstić information content (AvgIpc) is 2.62. The minimum absolute atomic E-state index is 0.548. The van der Waals surface area contributed by atoms with Crippen LogP contribution < -0.4 is 10.1 Å². The highest BCUT2D eigenvalue weighted by Crippen LogP contribution is 2.19. The Kier molecular flexibility index (Phi) is 5.77. The van der Waals surface area contributed by atoms with Crippen molar-refractivity contribution >= 4 is 0 Å². The maximum Gasteiger partial charge on any atom is 0.212 e. The number of likely N-dealkylation sites (tertiary alicyclic amines) is 1. The zero-order valence-corrected chi connectivity index (χ0v) is 14.5. The van der Waals surface area contributed by atoms with E-state index in [9.17, 15) is 0 Å². The Balaban J connectivity index is 1.46. The summed E-state index contributed by atoms with van der Waals surface area (Å²) >= 11 is 0. The van der Waals surface area contributed by atoms with Crippen molar-refractivity contribution in [2.45, 2.75) is 32.5 Å². The molecule has 5 heteroatoms. The molecule has 24 heavy (non-hydrogen) atoms. The highest BCUT2D eigenvalue weighted by atomic mass is 16.5. The van der Waals surface area contributed by atoms with Gasteiger partial charge in [0.2, 0.25) is 5.88 Å². The van der Waals surface area contributed by atoms with Gasteiger partial charge in [0, 0.05) is 50.7 Å². The first kappa shape index (κ1) is 16.9. The lowest BCUT2D eigenvalue weighted by molar-refractivity contribution is 0.139. The first-order valence-corrected chi connectivity index (χ1v) is 8.59. The number of nitrogens with zero attached hydrogens (tertiary/aromatic N) is 3. The third kappa shape index (κ3) is 4.52. The van der Waals surface area contributed by atoms with Crippen LogP contribution in [0.25, 0.3) is 0 Å². The van der Waals surface area contributed by atoms with Crippen molar-refractivity contribution in [3.8, 4) is 5.88 Å². The van der Waals surface area contributed by atoms with Gasteiger partial charge in [-0.25, -0.2) is 4.98 Å². The molecule has 0 aromatic carbocycles. The van der Waals surface area contributed by atoms with Gasteiger partial charge in [0.1, 0.15) is 0 Å². The number of nitrogens with one attached hydrogen (secondary N) is 1. The number of rotatable bonds is 6. The number of hydrogen-bond donors (Lipinski definition) is 1. The molecular weight excluding hydrogens is 300 g/mol. The van der Waals surface area contributed by atoms with Crippen LogP contribution >= 0.6 is 0 Å².